The van der Waals surface area contributed by atoms with Crippen molar-refractivity contribution in [2.75, 3.05) is 5.73 Å². The van der Waals surface area contributed by atoms with Gasteiger partial charge in [-0.25, -0.2) is 4.79 Å². The second kappa shape index (κ2) is 5.19. The Kier molecular flexibility index (Phi) is 4.12. The second-order valence-corrected chi connectivity index (χ2v) is 4.95. The lowest BCUT2D eigenvalue weighted by Gasteiger charge is -2.21. The van der Waals surface area contributed by atoms with Crippen LogP contribution in [0, 0.1) is 0 Å². The predicted octanol–water partition coefficient (Wildman–Crippen LogP) is 1.51. The summed E-state index contributed by atoms with van der Waals surface area (Å²) < 4.78 is 5.08. The largest absolute Gasteiger partial charge is 0.458 e. The molecule has 1 aromatic carbocycles. The van der Waals surface area contributed by atoms with Gasteiger partial charge in [0.25, 0.3) is 0 Å². The van der Waals surface area contributed by atoms with Gasteiger partial charge in [0.15, 0.2) is 6.10 Å². The molecule has 0 aliphatic carbocycles. The maximum Gasteiger partial charge on any atom is 0.335 e. The lowest BCUT2D eigenvalue weighted by atomic mass is 10.1. The van der Waals surface area contributed by atoms with Gasteiger partial charge in [-0.3, -0.25) is 0 Å². The fourth-order valence-electron chi connectivity index (χ4n) is 1.38. The number of para-hydroxylation sites is 1. The number of esters is 1. The van der Waals surface area contributed by atoms with Gasteiger partial charge in [-0.2, -0.15) is 0 Å². The van der Waals surface area contributed by atoms with Crippen LogP contribution in [0.1, 0.15) is 26.3 Å². The van der Waals surface area contributed by atoms with E-state index in [0.29, 0.717) is 5.69 Å². The summed E-state index contributed by atoms with van der Waals surface area (Å²) in [4.78, 5) is 11.6. The van der Waals surface area contributed by atoms with Crippen LogP contribution in [0.4, 0.5) is 5.69 Å². The minimum absolute atomic E-state index is 0.168. The fraction of sp³-hybridized carbons (Fsp3) is 0.462. The third-order valence-corrected chi connectivity index (χ3v) is 2.15. The molecule has 0 aliphatic rings. The summed E-state index contributed by atoms with van der Waals surface area (Å²) >= 11 is 0. The highest BCUT2D eigenvalue weighted by atomic mass is 16.6. The molecule has 1 aromatic rings. The van der Waals surface area contributed by atoms with Crippen LogP contribution in [0.25, 0.3) is 0 Å². The highest BCUT2D eigenvalue weighted by molar-refractivity contribution is 5.75. The van der Waals surface area contributed by atoms with E-state index in [0.717, 1.165) is 5.56 Å². The van der Waals surface area contributed by atoms with Crippen molar-refractivity contribution >= 4 is 11.7 Å². The van der Waals surface area contributed by atoms with Gasteiger partial charge in [-0.15, -0.1) is 0 Å². The van der Waals surface area contributed by atoms with Crippen molar-refractivity contribution in [1.82, 2.24) is 0 Å². The second-order valence-electron chi connectivity index (χ2n) is 4.95. The molecule has 0 radical (unpaired) electrons. The number of aliphatic hydroxyl groups is 1. The molecule has 0 aromatic heterocycles. The van der Waals surface area contributed by atoms with Crippen molar-refractivity contribution in [3.8, 4) is 0 Å². The van der Waals surface area contributed by atoms with Gasteiger partial charge in [-0.1, -0.05) is 18.2 Å². The van der Waals surface area contributed by atoms with Gasteiger partial charge in [0.05, 0.1) is 0 Å². The molecule has 0 saturated heterocycles. The molecule has 0 saturated carbocycles. The molecule has 0 spiro atoms. The van der Waals surface area contributed by atoms with Crippen LogP contribution in [0.15, 0.2) is 24.3 Å². The molecule has 1 unspecified atom stereocenters. The Labute approximate surface area is 101 Å². The normalized spacial score (nSPS) is 13.2. The SMILES string of the molecule is CC(C)(C)OC(=O)C(O)Cc1ccccc1N. The Morgan fingerprint density at radius 1 is 1.41 bits per heavy atom. The van der Waals surface area contributed by atoms with Crippen LogP contribution in [-0.4, -0.2) is 22.8 Å². The van der Waals surface area contributed by atoms with E-state index in [1.165, 1.54) is 0 Å². The average Bonchev–Trinajstić information content (AvgIpc) is 2.18. The number of anilines is 1. The van der Waals surface area contributed by atoms with Gasteiger partial charge >= 0.3 is 5.97 Å². The third-order valence-electron chi connectivity index (χ3n) is 2.15. The van der Waals surface area contributed by atoms with Gasteiger partial charge in [0.2, 0.25) is 0 Å². The first-order valence-corrected chi connectivity index (χ1v) is 5.54. The molecule has 4 nitrogen and oxygen atoms in total. The van der Waals surface area contributed by atoms with Crippen LogP contribution in [-0.2, 0) is 16.0 Å². The van der Waals surface area contributed by atoms with Crippen molar-refractivity contribution in [3.05, 3.63) is 29.8 Å². The Hall–Kier alpha value is -1.55. The van der Waals surface area contributed by atoms with Crippen molar-refractivity contribution in [2.45, 2.75) is 38.9 Å². The smallest absolute Gasteiger partial charge is 0.335 e. The zero-order valence-electron chi connectivity index (χ0n) is 10.4. The van der Waals surface area contributed by atoms with Gasteiger partial charge in [0.1, 0.15) is 5.60 Å². The summed E-state index contributed by atoms with van der Waals surface area (Å²) in [6.45, 7) is 5.28. The monoisotopic (exact) mass is 237 g/mol. The number of carbonyl (C=O) groups is 1. The summed E-state index contributed by atoms with van der Waals surface area (Å²) in [6, 6.07) is 7.13. The molecule has 17 heavy (non-hydrogen) atoms. The summed E-state index contributed by atoms with van der Waals surface area (Å²) in [5, 5.41) is 9.73. The maximum absolute atomic E-state index is 11.6. The first kappa shape index (κ1) is 13.5. The van der Waals surface area contributed by atoms with Crippen molar-refractivity contribution in [3.63, 3.8) is 0 Å². The van der Waals surface area contributed by atoms with Crippen molar-refractivity contribution in [1.29, 1.82) is 0 Å². The van der Waals surface area contributed by atoms with E-state index >= 15 is 0 Å². The van der Waals surface area contributed by atoms with Gasteiger partial charge in [-0.05, 0) is 32.4 Å². The number of aliphatic hydroxyl groups excluding tert-OH is 1. The number of hydrogen-bond acceptors (Lipinski definition) is 4. The van der Waals surface area contributed by atoms with Crippen LogP contribution < -0.4 is 5.73 Å². The first-order chi connectivity index (χ1) is 7.79. The number of hydrogen-bond donors (Lipinski definition) is 2. The Morgan fingerprint density at radius 2 is 2.00 bits per heavy atom. The minimum Gasteiger partial charge on any atom is -0.458 e. The molecule has 4 heteroatoms. The summed E-state index contributed by atoms with van der Waals surface area (Å²) in [5.74, 6) is -0.624. The number of benzene rings is 1. The van der Waals surface area contributed by atoms with Crippen LogP contribution in [0.3, 0.4) is 0 Å². The topological polar surface area (TPSA) is 72.5 Å². The molecule has 0 amide bonds. The van der Waals surface area contributed by atoms with Crippen LogP contribution in [0.5, 0.6) is 0 Å². The maximum atomic E-state index is 11.6. The Bertz CT molecular complexity index is 396. The molecular weight excluding hydrogens is 218 g/mol. The highest BCUT2D eigenvalue weighted by Gasteiger charge is 2.23. The number of ether oxygens (including phenoxy) is 1. The summed E-state index contributed by atoms with van der Waals surface area (Å²) in [7, 11) is 0. The molecule has 0 fully saturated rings. The van der Waals surface area contributed by atoms with Crippen molar-refractivity contribution < 1.29 is 14.6 Å². The molecular formula is C13H19NO3. The highest BCUT2D eigenvalue weighted by Crippen LogP contribution is 2.15. The zero-order valence-corrected chi connectivity index (χ0v) is 10.4. The summed E-state index contributed by atoms with van der Waals surface area (Å²) in [5.41, 5.74) is 6.44. The molecule has 1 atom stereocenters. The molecule has 94 valence electrons. The van der Waals surface area contributed by atoms with Gasteiger partial charge < -0.3 is 15.6 Å². The van der Waals surface area contributed by atoms with Crippen LogP contribution >= 0.6 is 0 Å². The number of carbonyl (C=O) groups excluding carboxylic acids is 1. The number of nitrogens with two attached hydrogens (primary N) is 1. The van der Waals surface area contributed by atoms with E-state index in [9.17, 15) is 9.90 Å². The molecule has 0 bridgehead atoms. The third kappa shape index (κ3) is 4.44. The van der Waals surface area contributed by atoms with E-state index in [4.69, 9.17) is 10.5 Å². The first-order valence-electron chi connectivity index (χ1n) is 5.54. The average molecular weight is 237 g/mol. The van der Waals surface area contributed by atoms with Crippen LogP contribution in [0.2, 0.25) is 0 Å². The molecule has 3 N–H and O–H groups in total. The van der Waals surface area contributed by atoms with E-state index < -0.39 is 17.7 Å². The molecule has 0 aliphatic heterocycles. The van der Waals surface area contributed by atoms with E-state index in [1.807, 2.05) is 6.07 Å². The summed E-state index contributed by atoms with van der Waals surface area (Å²) in [6.07, 6.45) is -1.01. The fourth-order valence-corrected chi connectivity index (χ4v) is 1.38. The van der Waals surface area contributed by atoms with Gasteiger partial charge in [0, 0.05) is 12.1 Å². The number of nitrogen functional groups attached to an aromatic ring is 1. The lowest BCUT2D eigenvalue weighted by Crippen LogP contribution is -2.33. The Balaban J connectivity index is 2.64. The lowest BCUT2D eigenvalue weighted by molar-refractivity contribution is -0.164. The molecule has 0 heterocycles. The van der Waals surface area contributed by atoms with E-state index in [-0.39, 0.29) is 6.42 Å². The Morgan fingerprint density at radius 3 is 2.53 bits per heavy atom. The van der Waals surface area contributed by atoms with E-state index in [1.54, 1.807) is 39.0 Å². The quantitative estimate of drug-likeness (QED) is 0.617. The minimum atomic E-state index is -1.18. The standard InChI is InChI=1S/C13H19NO3/c1-13(2,3)17-12(16)11(15)8-9-6-4-5-7-10(9)14/h4-7,11,15H,8,14H2,1-3H3. The predicted molar refractivity (Wildman–Crippen MR) is 66.4 cm³/mol. The van der Waals surface area contributed by atoms with Crippen molar-refractivity contribution in [2.24, 2.45) is 0 Å². The molecule has 1 rings (SSSR count). The number of rotatable bonds is 3. The van der Waals surface area contributed by atoms with E-state index in [2.05, 4.69) is 0 Å². The zero-order chi connectivity index (χ0) is 13.1.